The van der Waals surface area contributed by atoms with E-state index < -0.39 is 11.7 Å². The predicted molar refractivity (Wildman–Crippen MR) is 110 cm³/mol. The first-order valence-electron chi connectivity index (χ1n) is 9.87. The molecule has 1 aromatic carbocycles. The van der Waals surface area contributed by atoms with Crippen LogP contribution in [-0.2, 0) is 20.3 Å². The first kappa shape index (κ1) is 21.2. The van der Waals surface area contributed by atoms with Gasteiger partial charge < -0.3 is 19.9 Å². The number of alkyl halides is 3. The van der Waals surface area contributed by atoms with E-state index in [1.165, 1.54) is 24.8 Å². The van der Waals surface area contributed by atoms with Crippen LogP contribution in [0.25, 0.3) is 22.6 Å². The number of hydrogen-bond donors (Lipinski definition) is 2. The second-order valence-corrected chi connectivity index (χ2v) is 7.57. The lowest BCUT2D eigenvalue weighted by Crippen LogP contribution is -2.39. The maximum atomic E-state index is 13.1. The summed E-state index contributed by atoms with van der Waals surface area (Å²) < 4.78 is 47.4. The van der Waals surface area contributed by atoms with Crippen LogP contribution in [0.3, 0.4) is 0 Å². The number of halogens is 3. The van der Waals surface area contributed by atoms with Gasteiger partial charge in [0.1, 0.15) is 11.6 Å². The fourth-order valence-corrected chi connectivity index (χ4v) is 3.81. The van der Waals surface area contributed by atoms with Gasteiger partial charge in [-0.3, -0.25) is 9.36 Å². The molecule has 2 N–H and O–H groups in total. The van der Waals surface area contributed by atoms with Gasteiger partial charge in [0.25, 0.3) is 5.56 Å². The molecule has 0 spiro atoms. The number of rotatable bonds is 4. The number of aromatic nitrogens is 4. The van der Waals surface area contributed by atoms with Crippen molar-refractivity contribution in [1.82, 2.24) is 24.4 Å². The second-order valence-electron chi connectivity index (χ2n) is 7.57. The number of nitrogens with one attached hydrogen (secondary N) is 2. The Bertz CT molecular complexity index is 1180. The molecule has 2 aromatic heterocycles. The maximum absolute atomic E-state index is 13.1. The fourth-order valence-electron chi connectivity index (χ4n) is 3.81. The molecule has 0 radical (unpaired) electrons. The Kier molecular flexibility index (Phi) is 5.38. The number of methoxy groups -OCH3 is 1. The molecule has 11 heteroatoms. The molecule has 31 heavy (non-hydrogen) atoms. The highest BCUT2D eigenvalue weighted by Crippen LogP contribution is 2.36. The van der Waals surface area contributed by atoms with Crippen molar-refractivity contribution >= 4 is 17.1 Å². The Balaban J connectivity index is 1.81. The van der Waals surface area contributed by atoms with Crippen molar-refractivity contribution < 1.29 is 17.9 Å². The molecular weight excluding hydrogens is 413 g/mol. The highest BCUT2D eigenvalue weighted by atomic mass is 19.4. The van der Waals surface area contributed by atoms with Crippen LogP contribution in [0.15, 0.2) is 23.0 Å². The van der Waals surface area contributed by atoms with Gasteiger partial charge in [0.05, 0.1) is 18.2 Å². The van der Waals surface area contributed by atoms with Crippen molar-refractivity contribution in [3.8, 4) is 17.1 Å². The standard InChI is InChI=1S/C20H23F3N6O2/c1-28-15-16(27-19(28)25-12-5-4-8-24-10-12)26-17(29(2)18(15)30)13-7-6-11(20(21,22)23)9-14(13)31-3/h6-7,9,12,24H,4-5,8,10H2,1-3H3,(H,25,27)/t12-/m1/s1. The van der Waals surface area contributed by atoms with Gasteiger partial charge in [0.2, 0.25) is 5.95 Å². The minimum Gasteiger partial charge on any atom is -0.496 e. The van der Waals surface area contributed by atoms with E-state index in [4.69, 9.17) is 4.74 Å². The average molecular weight is 436 g/mol. The third-order valence-corrected chi connectivity index (χ3v) is 5.51. The van der Waals surface area contributed by atoms with E-state index in [2.05, 4.69) is 20.6 Å². The molecule has 166 valence electrons. The number of nitrogens with zero attached hydrogens (tertiary/aromatic N) is 4. The Morgan fingerprint density at radius 2 is 2.00 bits per heavy atom. The van der Waals surface area contributed by atoms with Gasteiger partial charge in [0.15, 0.2) is 11.2 Å². The third-order valence-electron chi connectivity index (χ3n) is 5.51. The minimum absolute atomic E-state index is 0.0285. The molecule has 0 aliphatic carbocycles. The molecule has 0 saturated carbocycles. The van der Waals surface area contributed by atoms with E-state index in [1.807, 2.05) is 0 Å². The summed E-state index contributed by atoms with van der Waals surface area (Å²) in [5.41, 5.74) is -0.401. The van der Waals surface area contributed by atoms with Crippen LogP contribution in [0.2, 0.25) is 0 Å². The van der Waals surface area contributed by atoms with Crippen LogP contribution >= 0.6 is 0 Å². The van der Waals surface area contributed by atoms with E-state index in [9.17, 15) is 18.0 Å². The molecule has 0 unspecified atom stereocenters. The zero-order chi connectivity index (χ0) is 22.3. The van der Waals surface area contributed by atoms with Crippen LogP contribution in [-0.4, -0.2) is 45.3 Å². The summed E-state index contributed by atoms with van der Waals surface area (Å²) in [5.74, 6) is 0.663. The van der Waals surface area contributed by atoms with E-state index in [1.54, 1.807) is 11.6 Å². The molecule has 1 atom stereocenters. The number of hydrogen-bond acceptors (Lipinski definition) is 6. The Morgan fingerprint density at radius 1 is 1.23 bits per heavy atom. The van der Waals surface area contributed by atoms with Gasteiger partial charge in [-0.2, -0.15) is 18.2 Å². The quantitative estimate of drug-likeness (QED) is 0.654. The number of fused-ring (bicyclic) bond motifs is 1. The summed E-state index contributed by atoms with van der Waals surface area (Å²) in [7, 11) is 4.53. The van der Waals surface area contributed by atoms with Crippen LogP contribution in [0.5, 0.6) is 5.75 Å². The normalized spacial score (nSPS) is 17.2. The summed E-state index contributed by atoms with van der Waals surface area (Å²) >= 11 is 0. The second kappa shape index (κ2) is 7.88. The van der Waals surface area contributed by atoms with Gasteiger partial charge in [0, 0.05) is 26.7 Å². The molecule has 1 fully saturated rings. The lowest BCUT2D eigenvalue weighted by molar-refractivity contribution is -0.137. The largest absolute Gasteiger partial charge is 0.496 e. The molecular formula is C20H23F3N6O2. The maximum Gasteiger partial charge on any atom is 0.416 e. The average Bonchev–Trinajstić information content (AvgIpc) is 3.05. The van der Waals surface area contributed by atoms with E-state index >= 15 is 0 Å². The number of aryl methyl sites for hydroxylation is 1. The molecule has 1 aliphatic heterocycles. The first-order valence-corrected chi connectivity index (χ1v) is 9.87. The predicted octanol–water partition coefficient (Wildman–Crippen LogP) is 2.53. The Morgan fingerprint density at radius 3 is 2.65 bits per heavy atom. The number of imidazole rings is 1. The monoisotopic (exact) mass is 436 g/mol. The SMILES string of the molecule is COc1cc(C(F)(F)F)ccc1-c1nc2nc(N[C@@H]3CCCNC3)n(C)c2c(=O)n1C. The van der Waals surface area contributed by atoms with E-state index in [0.29, 0.717) is 11.5 Å². The Hall–Kier alpha value is -3.08. The van der Waals surface area contributed by atoms with E-state index in [0.717, 1.165) is 38.1 Å². The summed E-state index contributed by atoms with van der Waals surface area (Å²) in [6.07, 6.45) is -2.49. The van der Waals surface area contributed by atoms with Gasteiger partial charge in [-0.15, -0.1) is 0 Å². The van der Waals surface area contributed by atoms with Crippen molar-refractivity contribution in [3.05, 3.63) is 34.1 Å². The van der Waals surface area contributed by atoms with Crippen LogP contribution < -0.4 is 20.9 Å². The highest BCUT2D eigenvalue weighted by Gasteiger charge is 2.32. The van der Waals surface area contributed by atoms with Crippen molar-refractivity contribution in [2.75, 3.05) is 25.5 Å². The number of ether oxygens (including phenoxy) is 1. The zero-order valence-corrected chi connectivity index (χ0v) is 17.4. The lowest BCUT2D eigenvalue weighted by atomic mass is 10.1. The molecule has 0 amide bonds. The molecule has 1 aliphatic rings. The topological polar surface area (TPSA) is 86.0 Å². The van der Waals surface area contributed by atoms with Crippen LogP contribution in [0.4, 0.5) is 19.1 Å². The van der Waals surface area contributed by atoms with Gasteiger partial charge >= 0.3 is 6.18 Å². The third kappa shape index (κ3) is 3.85. The summed E-state index contributed by atoms with van der Waals surface area (Å²) in [6, 6.07) is 3.27. The fraction of sp³-hybridized carbons (Fsp3) is 0.450. The van der Waals surface area contributed by atoms with E-state index in [-0.39, 0.29) is 34.4 Å². The molecule has 3 aromatic rings. The Labute approximate surface area is 176 Å². The number of anilines is 1. The summed E-state index contributed by atoms with van der Waals surface area (Å²) in [5, 5.41) is 6.65. The molecule has 8 nitrogen and oxygen atoms in total. The zero-order valence-electron chi connectivity index (χ0n) is 17.4. The highest BCUT2D eigenvalue weighted by molar-refractivity contribution is 5.77. The summed E-state index contributed by atoms with van der Waals surface area (Å²) in [4.78, 5) is 22.1. The van der Waals surface area contributed by atoms with Crippen LogP contribution in [0.1, 0.15) is 18.4 Å². The van der Waals surface area contributed by atoms with Crippen molar-refractivity contribution in [3.63, 3.8) is 0 Å². The number of benzene rings is 1. The lowest BCUT2D eigenvalue weighted by Gasteiger charge is -2.24. The first-order chi connectivity index (χ1) is 14.7. The van der Waals surface area contributed by atoms with Gasteiger partial charge in [-0.1, -0.05) is 0 Å². The van der Waals surface area contributed by atoms with Crippen molar-refractivity contribution in [2.24, 2.45) is 14.1 Å². The summed E-state index contributed by atoms with van der Waals surface area (Å²) in [6.45, 7) is 1.77. The number of piperidine rings is 1. The smallest absolute Gasteiger partial charge is 0.416 e. The van der Waals surface area contributed by atoms with Crippen molar-refractivity contribution in [1.29, 1.82) is 0 Å². The van der Waals surface area contributed by atoms with Crippen LogP contribution in [0, 0.1) is 0 Å². The van der Waals surface area contributed by atoms with Crippen molar-refractivity contribution in [2.45, 2.75) is 25.1 Å². The molecule has 3 heterocycles. The molecule has 0 bridgehead atoms. The van der Waals surface area contributed by atoms with Gasteiger partial charge in [-0.25, -0.2) is 4.98 Å². The van der Waals surface area contributed by atoms with Gasteiger partial charge in [-0.05, 0) is 37.6 Å². The minimum atomic E-state index is -4.51. The molecule has 1 saturated heterocycles. The molecule has 4 rings (SSSR count).